The Morgan fingerprint density at radius 1 is 1.16 bits per heavy atom. The second-order valence-electron chi connectivity index (χ2n) is 7.24. The summed E-state index contributed by atoms with van der Waals surface area (Å²) in [6.07, 6.45) is 2.34. The lowest BCUT2D eigenvalue weighted by molar-refractivity contribution is -0.0390. The van der Waals surface area contributed by atoms with Crippen molar-refractivity contribution >= 4 is 29.9 Å². The number of hydrogen-bond acceptors (Lipinski definition) is 3. The van der Waals surface area contributed by atoms with Gasteiger partial charge in [0.2, 0.25) is 0 Å². The highest BCUT2D eigenvalue weighted by Gasteiger charge is 2.14. The topological polar surface area (TPSA) is 54.9 Å². The molecule has 0 unspecified atom stereocenters. The molecule has 0 aliphatic carbocycles. The molecule has 5 nitrogen and oxygen atoms in total. The molecule has 1 fully saturated rings. The first kappa shape index (κ1) is 22.2. The molecule has 1 aliphatic rings. The van der Waals surface area contributed by atoms with Gasteiger partial charge in [-0.05, 0) is 44.7 Å². The predicted molar refractivity (Wildman–Crippen MR) is 114 cm³/mol. The zero-order valence-corrected chi connectivity index (χ0v) is 18.1. The second kappa shape index (κ2) is 11.0. The molecule has 25 heavy (non-hydrogen) atoms. The van der Waals surface area contributed by atoms with Crippen LogP contribution in [0.3, 0.4) is 0 Å². The van der Waals surface area contributed by atoms with Crippen LogP contribution in [0.15, 0.2) is 29.3 Å². The van der Waals surface area contributed by atoms with E-state index in [0.717, 1.165) is 38.6 Å². The zero-order chi connectivity index (χ0) is 17.4. The van der Waals surface area contributed by atoms with Gasteiger partial charge in [0, 0.05) is 32.3 Å². The lowest BCUT2D eigenvalue weighted by Gasteiger charge is -2.24. The number of hydrogen-bond donors (Lipinski definition) is 2. The van der Waals surface area contributed by atoms with Gasteiger partial charge in [0.1, 0.15) is 0 Å². The van der Waals surface area contributed by atoms with E-state index >= 15 is 0 Å². The number of benzene rings is 1. The Bertz CT molecular complexity index is 520. The van der Waals surface area contributed by atoms with Crippen LogP contribution in [0.25, 0.3) is 0 Å². The third-order valence-electron chi connectivity index (χ3n) is 3.85. The summed E-state index contributed by atoms with van der Waals surface area (Å²) in [5.41, 5.74) is 2.43. The quantitative estimate of drug-likeness (QED) is 0.401. The van der Waals surface area contributed by atoms with Crippen molar-refractivity contribution in [2.45, 2.75) is 58.4 Å². The SMILES string of the molecule is CN=C(NCc1ccc(COC2CCOCC2)cc1)NC(C)(C)C.I. The first-order valence-corrected chi connectivity index (χ1v) is 8.72. The average molecular weight is 461 g/mol. The van der Waals surface area contributed by atoms with Gasteiger partial charge in [-0.3, -0.25) is 4.99 Å². The molecule has 0 atom stereocenters. The highest BCUT2D eigenvalue weighted by molar-refractivity contribution is 14.0. The number of nitrogens with one attached hydrogen (secondary N) is 2. The molecule has 0 aromatic heterocycles. The molecule has 0 bridgehead atoms. The van der Waals surface area contributed by atoms with Crippen LogP contribution < -0.4 is 10.6 Å². The van der Waals surface area contributed by atoms with Crippen molar-refractivity contribution in [3.05, 3.63) is 35.4 Å². The number of ether oxygens (including phenoxy) is 2. The fourth-order valence-corrected chi connectivity index (χ4v) is 2.53. The van der Waals surface area contributed by atoms with Gasteiger partial charge in [-0.2, -0.15) is 0 Å². The maximum atomic E-state index is 5.95. The van der Waals surface area contributed by atoms with Crippen LogP contribution in [0.2, 0.25) is 0 Å². The van der Waals surface area contributed by atoms with Gasteiger partial charge in [-0.1, -0.05) is 24.3 Å². The summed E-state index contributed by atoms with van der Waals surface area (Å²) in [5.74, 6) is 0.814. The van der Waals surface area contributed by atoms with E-state index in [1.807, 2.05) is 0 Å². The number of halogens is 1. The minimum atomic E-state index is -0.00675. The van der Waals surface area contributed by atoms with Crippen molar-refractivity contribution in [3.63, 3.8) is 0 Å². The van der Waals surface area contributed by atoms with Gasteiger partial charge in [0.25, 0.3) is 0 Å². The third kappa shape index (κ3) is 8.87. The summed E-state index contributed by atoms with van der Waals surface area (Å²) in [6, 6.07) is 8.55. The summed E-state index contributed by atoms with van der Waals surface area (Å²) >= 11 is 0. The maximum absolute atomic E-state index is 5.95. The molecule has 6 heteroatoms. The molecule has 0 saturated carbocycles. The summed E-state index contributed by atoms with van der Waals surface area (Å²) in [6.45, 7) is 9.41. The van der Waals surface area contributed by atoms with Crippen LogP contribution in [-0.4, -0.2) is 37.9 Å². The number of guanidine groups is 1. The van der Waals surface area contributed by atoms with Crippen LogP contribution >= 0.6 is 24.0 Å². The van der Waals surface area contributed by atoms with Crippen LogP contribution in [-0.2, 0) is 22.6 Å². The van der Waals surface area contributed by atoms with E-state index in [-0.39, 0.29) is 29.5 Å². The van der Waals surface area contributed by atoms with Gasteiger partial charge in [-0.25, -0.2) is 0 Å². The number of aliphatic imine (C=N–C) groups is 1. The molecule has 1 saturated heterocycles. The Morgan fingerprint density at radius 3 is 2.32 bits per heavy atom. The van der Waals surface area contributed by atoms with E-state index in [1.165, 1.54) is 11.1 Å². The summed E-state index contributed by atoms with van der Waals surface area (Å²) in [4.78, 5) is 4.25. The van der Waals surface area contributed by atoms with E-state index in [2.05, 4.69) is 60.7 Å². The fourth-order valence-electron chi connectivity index (χ4n) is 2.53. The Balaban J connectivity index is 0.00000312. The van der Waals surface area contributed by atoms with Crippen molar-refractivity contribution in [2.24, 2.45) is 4.99 Å². The van der Waals surface area contributed by atoms with Gasteiger partial charge in [0.05, 0.1) is 12.7 Å². The Morgan fingerprint density at radius 2 is 1.76 bits per heavy atom. The molecule has 2 rings (SSSR count). The van der Waals surface area contributed by atoms with E-state index in [1.54, 1.807) is 7.05 Å². The predicted octanol–water partition coefficient (Wildman–Crippen LogP) is 3.46. The van der Waals surface area contributed by atoms with Crippen LogP contribution in [0.1, 0.15) is 44.7 Å². The highest BCUT2D eigenvalue weighted by atomic mass is 127. The van der Waals surface area contributed by atoms with Crippen molar-refractivity contribution in [2.75, 3.05) is 20.3 Å². The maximum Gasteiger partial charge on any atom is 0.191 e. The van der Waals surface area contributed by atoms with Gasteiger partial charge < -0.3 is 20.1 Å². The van der Waals surface area contributed by atoms with Crippen LogP contribution in [0, 0.1) is 0 Å². The second-order valence-corrected chi connectivity index (χ2v) is 7.24. The van der Waals surface area contributed by atoms with Gasteiger partial charge in [-0.15, -0.1) is 24.0 Å². The normalized spacial score (nSPS) is 16.2. The molecule has 0 radical (unpaired) electrons. The first-order valence-electron chi connectivity index (χ1n) is 8.72. The largest absolute Gasteiger partial charge is 0.381 e. The number of rotatable bonds is 5. The lowest BCUT2D eigenvalue weighted by atomic mass is 10.1. The molecule has 142 valence electrons. The highest BCUT2D eigenvalue weighted by Crippen LogP contribution is 2.14. The van der Waals surface area contributed by atoms with Crippen molar-refractivity contribution in [3.8, 4) is 0 Å². The van der Waals surface area contributed by atoms with Crippen molar-refractivity contribution in [1.29, 1.82) is 0 Å². The Labute approximate surface area is 169 Å². The van der Waals surface area contributed by atoms with E-state index in [4.69, 9.17) is 9.47 Å². The van der Waals surface area contributed by atoms with Gasteiger partial charge in [0.15, 0.2) is 5.96 Å². The molecule has 2 N–H and O–H groups in total. The van der Waals surface area contributed by atoms with Crippen molar-refractivity contribution in [1.82, 2.24) is 10.6 Å². The molecule has 1 aliphatic heterocycles. The van der Waals surface area contributed by atoms with Gasteiger partial charge >= 0.3 is 0 Å². The van der Waals surface area contributed by atoms with Crippen LogP contribution in [0.5, 0.6) is 0 Å². The summed E-state index contributed by atoms with van der Waals surface area (Å²) in [7, 11) is 1.79. The Kier molecular flexibility index (Phi) is 9.74. The molecule has 0 amide bonds. The first-order chi connectivity index (χ1) is 11.5. The standard InChI is InChI=1S/C19H31N3O2.HI/c1-19(2,3)22-18(20-4)21-13-15-5-7-16(8-6-15)14-24-17-9-11-23-12-10-17;/h5-8,17H,9-14H2,1-4H3,(H2,20,21,22);1H. The molecule has 1 aromatic carbocycles. The summed E-state index contributed by atoms with van der Waals surface area (Å²) < 4.78 is 11.3. The third-order valence-corrected chi connectivity index (χ3v) is 3.85. The average Bonchev–Trinajstić information content (AvgIpc) is 2.57. The van der Waals surface area contributed by atoms with E-state index in [0.29, 0.717) is 12.7 Å². The van der Waals surface area contributed by atoms with E-state index < -0.39 is 0 Å². The summed E-state index contributed by atoms with van der Waals surface area (Å²) in [5, 5.41) is 6.69. The minimum Gasteiger partial charge on any atom is -0.381 e. The molecule has 0 spiro atoms. The number of nitrogens with zero attached hydrogens (tertiary/aromatic N) is 1. The molecular formula is C19H32IN3O2. The smallest absolute Gasteiger partial charge is 0.191 e. The van der Waals surface area contributed by atoms with E-state index in [9.17, 15) is 0 Å². The lowest BCUT2D eigenvalue weighted by Crippen LogP contribution is -2.47. The zero-order valence-electron chi connectivity index (χ0n) is 15.8. The monoisotopic (exact) mass is 461 g/mol. The molecule has 1 aromatic rings. The minimum absolute atomic E-state index is 0. The fraction of sp³-hybridized carbons (Fsp3) is 0.632. The van der Waals surface area contributed by atoms with Crippen molar-refractivity contribution < 1.29 is 9.47 Å². The Hall–Kier alpha value is -0.860. The molecule has 1 heterocycles. The molecular weight excluding hydrogens is 429 g/mol. The van der Waals surface area contributed by atoms with Crippen LogP contribution in [0.4, 0.5) is 0 Å².